The summed E-state index contributed by atoms with van der Waals surface area (Å²) >= 11 is 1.68. The molecule has 4 heteroatoms. The van der Waals surface area contributed by atoms with Gasteiger partial charge in [0.15, 0.2) is 0 Å². The molecule has 116 valence electrons. The molecule has 1 amide bonds. The Bertz CT molecular complexity index is 822. The van der Waals surface area contributed by atoms with E-state index in [1.165, 1.54) is 15.8 Å². The molecular weight excluding hydrogens is 304 g/mol. The van der Waals surface area contributed by atoms with Crippen LogP contribution in [0.2, 0.25) is 0 Å². The van der Waals surface area contributed by atoms with Crippen molar-refractivity contribution in [2.45, 2.75) is 31.7 Å². The van der Waals surface area contributed by atoms with Crippen LogP contribution in [0, 0.1) is 0 Å². The smallest absolute Gasteiger partial charge is 0.220 e. The Morgan fingerprint density at radius 3 is 2.91 bits per heavy atom. The second kappa shape index (κ2) is 6.13. The number of carbonyl (C=O) groups is 1. The number of para-hydroxylation sites is 1. The first-order chi connectivity index (χ1) is 11.3. The number of carbonyl (C=O) groups excluding carboxylic acids is 1. The van der Waals surface area contributed by atoms with Gasteiger partial charge in [-0.3, -0.25) is 4.79 Å². The molecule has 4 rings (SSSR count). The van der Waals surface area contributed by atoms with Gasteiger partial charge in [-0.2, -0.15) is 0 Å². The minimum absolute atomic E-state index is 0.117. The van der Waals surface area contributed by atoms with Gasteiger partial charge < -0.3 is 5.32 Å². The monoisotopic (exact) mass is 322 g/mol. The Balaban J connectivity index is 1.37. The summed E-state index contributed by atoms with van der Waals surface area (Å²) in [5, 5.41) is 4.21. The SMILES string of the molecule is O=C(CCc1nc2ccccc2s1)NC1CCc2ccccc21. The normalized spacial score (nSPS) is 16.4. The van der Waals surface area contributed by atoms with Gasteiger partial charge in [0.25, 0.3) is 0 Å². The number of thiazole rings is 1. The molecule has 1 N–H and O–H groups in total. The lowest BCUT2D eigenvalue weighted by atomic mass is 10.1. The maximum absolute atomic E-state index is 12.3. The van der Waals surface area contributed by atoms with E-state index in [1.807, 2.05) is 24.3 Å². The zero-order valence-corrected chi connectivity index (χ0v) is 13.6. The first kappa shape index (κ1) is 14.4. The van der Waals surface area contributed by atoms with Crippen LogP contribution in [0.3, 0.4) is 0 Å². The number of aromatic nitrogens is 1. The molecule has 1 atom stereocenters. The Morgan fingerprint density at radius 1 is 1.17 bits per heavy atom. The highest BCUT2D eigenvalue weighted by Gasteiger charge is 2.23. The van der Waals surface area contributed by atoms with Crippen LogP contribution in [0.1, 0.15) is 35.0 Å². The molecule has 0 fully saturated rings. The molecule has 1 aromatic heterocycles. The molecule has 3 aromatic rings. The van der Waals surface area contributed by atoms with E-state index >= 15 is 0 Å². The highest BCUT2D eigenvalue weighted by molar-refractivity contribution is 7.18. The van der Waals surface area contributed by atoms with E-state index in [4.69, 9.17) is 0 Å². The van der Waals surface area contributed by atoms with E-state index in [0.717, 1.165) is 23.4 Å². The van der Waals surface area contributed by atoms with Gasteiger partial charge in [-0.1, -0.05) is 36.4 Å². The summed E-state index contributed by atoms with van der Waals surface area (Å²) in [7, 11) is 0. The van der Waals surface area contributed by atoms with Gasteiger partial charge in [-0.15, -0.1) is 11.3 Å². The molecule has 0 saturated carbocycles. The summed E-state index contributed by atoms with van der Waals surface area (Å²) < 4.78 is 1.19. The Morgan fingerprint density at radius 2 is 2.00 bits per heavy atom. The van der Waals surface area contributed by atoms with E-state index in [-0.39, 0.29) is 11.9 Å². The van der Waals surface area contributed by atoms with Crippen molar-refractivity contribution in [2.24, 2.45) is 0 Å². The summed E-state index contributed by atoms with van der Waals surface area (Å²) in [5.41, 5.74) is 3.67. The summed E-state index contributed by atoms with van der Waals surface area (Å²) in [6.07, 6.45) is 3.27. The van der Waals surface area contributed by atoms with Crippen LogP contribution in [0.25, 0.3) is 10.2 Å². The molecule has 0 radical (unpaired) electrons. The summed E-state index contributed by atoms with van der Waals surface area (Å²) in [5.74, 6) is 0.117. The molecule has 0 aliphatic heterocycles. The minimum Gasteiger partial charge on any atom is -0.349 e. The number of aryl methyl sites for hydroxylation is 2. The Hall–Kier alpha value is -2.20. The topological polar surface area (TPSA) is 42.0 Å². The van der Waals surface area contributed by atoms with Gasteiger partial charge >= 0.3 is 0 Å². The van der Waals surface area contributed by atoms with Crippen molar-refractivity contribution in [3.8, 4) is 0 Å². The van der Waals surface area contributed by atoms with Crippen molar-refractivity contribution >= 4 is 27.5 Å². The second-order valence-electron chi connectivity index (χ2n) is 5.93. The molecule has 1 aliphatic rings. The van der Waals surface area contributed by atoms with Gasteiger partial charge in [-0.05, 0) is 36.1 Å². The van der Waals surface area contributed by atoms with E-state index in [1.54, 1.807) is 11.3 Å². The maximum atomic E-state index is 12.3. The van der Waals surface area contributed by atoms with E-state index in [9.17, 15) is 4.79 Å². The molecule has 2 aromatic carbocycles. The maximum Gasteiger partial charge on any atom is 0.220 e. The zero-order valence-electron chi connectivity index (χ0n) is 12.8. The van der Waals surface area contributed by atoms with Crippen molar-refractivity contribution in [1.82, 2.24) is 10.3 Å². The van der Waals surface area contributed by atoms with Crippen molar-refractivity contribution in [1.29, 1.82) is 0 Å². The third-order valence-corrected chi connectivity index (χ3v) is 5.47. The van der Waals surface area contributed by atoms with Gasteiger partial charge in [0.2, 0.25) is 5.91 Å². The third-order valence-electron chi connectivity index (χ3n) is 4.37. The van der Waals surface area contributed by atoms with Crippen molar-refractivity contribution in [3.05, 3.63) is 64.7 Å². The van der Waals surface area contributed by atoms with E-state index in [2.05, 4.69) is 34.6 Å². The number of hydrogen-bond acceptors (Lipinski definition) is 3. The Labute approximate surface area is 139 Å². The third kappa shape index (κ3) is 2.99. The van der Waals surface area contributed by atoms with Crippen LogP contribution >= 0.6 is 11.3 Å². The number of fused-ring (bicyclic) bond motifs is 2. The fourth-order valence-corrected chi connectivity index (χ4v) is 4.19. The van der Waals surface area contributed by atoms with Gasteiger partial charge in [0, 0.05) is 12.8 Å². The predicted molar refractivity (Wildman–Crippen MR) is 93.6 cm³/mol. The Kier molecular flexibility index (Phi) is 3.83. The number of nitrogens with one attached hydrogen (secondary N) is 1. The van der Waals surface area contributed by atoms with Crippen molar-refractivity contribution < 1.29 is 4.79 Å². The number of benzene rings is 2. The second-order valence-corrected chi connectivity index (χ2v) is 7.05. The first-order valence-electron chi connectivity index (χ1n) is 8.01. The largest absolute Gasteiger partial charge is 0.349 e. The summed E-state index contributed by atoms with van der Waals surface area (Å²) in [6, 6.07) is 16.7. The molecule has 23 heavy (non-hydrogen) atoms. The molecule has 1 unspecified atom stereocenters. The lowest BCUT2D eigenvalue weighted by Crippen LogP contribution is -2.27. The van der Waals surface area contributed by atoms with Gasteiger partial charge in [0.1, 0.15) is 0 Å². The molecule has 1 aliphatic carbocycles. The van der Waals surface area contributed by atoms with Crippen molar-refractivity contribution in [2.75, 3.05) is 0 Å². The first-order valence-corrected chi connectivity index (χ1v) is 8.83. The average Bonchev–Trinajstić information content (AvgIpc) is 3.17. The highest BCUT2D eigenvalue weighted by atomic mass is 32.1. The van der Waals surface area contributed by atoms with Gasteiger partial charge in [0.05, 0.1) is 21.3 Å². The van der Waals surface area contributed by atoms with Crippen LogP contribution in [0.15, 0.2) is 48.5 Å². The lowest BCUT2D eigenvalue weighted by Gasteiger charge is -2.13. The van der Waals surface area contributed by atoms with Crippen molar-refractivity contribution in [3.63, 3.8) is 0 Å². The number of hydrogen-bond donors (Lipinski definition) is 1. The van der Waals surface area contributed by atoms with Crippen LogP contribution in [0.4, 0.5) is 0 Å². The summed E-state index contributed by atoms with van der Waals surface area (Å²) in [6.45, 7) is 0. The zero-order chi connectivity index (χ0) is 15.6. The molecule has 0 spiro atoms. The van der Waals surface area contributed by atoms with Gasteiger partial charge in [-0.25, -0.2) is 4.98 Å². The molecule has 3 nitrogen and oxygen atoms in total. The quantitative estimate of drug-likeness (QED) is 0.788. The molecular formula is C19H18N2OS. The fraction of sp³-hybridized carbons (Fsp3) is 0.263. The number of rotatable bonds is 4. The lowest BCUT2D eigenvalue weighted by molar-refractivity contribution is -0.121. The van der Waals surface area contributed by atoms with Crippen LogP contribution < -0.4 is 5.32 Å². The van der Waals surface area contributed by atoms with Crippen LogP contribution in [0.5, 0.6) is 0 Å². The number of nitrogens with zero attached hydrogens (tertiary/aromatic N) is 1. The predicted octanol–water partition coefficient (Wildman–Crippen LogP) is 4.03. The number of amides is 1. The molecule has 1 heterocycles. The van der Waals surface area contributed by atoms with Crippen LogP contribution in [-0.4, -0.2) is 10.9 Å². The highest BCUT2D eigenvalue weighted by Crippen LogP contribution is 2.30. The average molecular weight is 322 g/mol. The molecule has 0 saturated heterocycles. The summed E-state index contributed by atoms with van der Waals surface area (Å²) in [4.78, 5) is 16.9. The van der Waals surface area contributed by atoms with E-state index in [0.29, 0.717) is 12.8 Å². The van der Waals surface area contributed by atoms with E-state index < -0.39 is 0 Å². The standard InChI is InChI=1S/C19H18N2OS/c22-18(20-15-10-9-13-5-1-2-6-14(13)15)11-12-19-21-16-7-3-4-8-17(16)23-19/h1-8,15H,9-12H2,(H,20,22). The molecule has 0 bridgehead atoms. The fourth-order valence-electron chi connectivity index (χ4n) is 3.22. The minimum atomic E-state index is 0.117. The van der Waals surface area contributed by atoms with Crippen LogP contribution in [-0.2, 0) is 17.6 Å².